The van der Waals surface area contributed by atoms with Crippen LogP contribution in [-0.2, 0) is 0 Å². The summed E-state index contributed by atoms with van der Waals surface area (Å²) in [5, 5.41) is 0. The van der Waals surface area contributed by atoms with E-state index in [4.69, 9.17) is 9.15 Å². The van der Waals surface area contributed by atoms with E-state index in [0.29, 0.717) is 24.2 Å². The van der Waals surface area contributed by atoms with Crippen LogP contribution in [0.5, 0.6) is 11.5 Å². The fraction of sp³-hybridized carbons (Fsp3) is 0.214. The number of hydrogen-bond donors (Lipinski definition) is 0. The molecule has 0 N–H and O–H groups in total. The number of furan rings is 1. The second-order valence-corrected chi connectivity index (χ2v) is 3.79. The molecule has 0 fully saturated rings. The highest BCUT2D eigenvalue weighted by atomic mass is 19.3. The van der Waals surface area contributed by atoms with Crippen LogP contribution < -0.4 is 9.47 Å². The van der Waals surface area contributed by atoms with Crippen molar-refractivity contribution in [2.24, 2.45) is 0 Å². The van der Waals surface area contributed by atoms with Crippen molar-refractivity contribution in [2.75, 3.05) is 6.61 Å². The van der Waals surface area contributed by atoms with Gasteiger partial charge in [0.05, 0.1) is 6.61 Å². The zero-order valence-corrected chi connectivity index (χ0v) is 10.6. The van der Waals surface area contributed by atoms with E-state index in [0.717, 1.165) is 0 Å². The molecule has 0 aliphatic carbocycles. The van der Waals surface area contributed by atoms with Gasteiger partial charge in [0, 0.05) is 5.56 Å². The van der Waals surface area contributed by atoms with Crippen molar-refractivity contribution >= 4 is 6.29 Å². The van der Waals surface area contributed by atoms with Crippen LogP contribution in [0.15, 0.2) is 34.7 Å². The highest BCUT2D eigenvalue weighted by Gasteiger charge is 2.13. The van der Waals surface area contributed by atoms with Crippen molar-refractivity contribution in [2.45, 2.75) is 13.5 Å². The minimum Gasteiger partial charge on any atom is -0.490 e. The predicted octanol–water partition coefficient (Wildman–Crippen LogP) is 3.76. The van der Waals surface area contributed by atoms with E-state index in [1.54, 1.807) is 19.1 Å². The topological polar surface area (TPSA) is 48.7 Å². The first-order valence-electron chi connectivity index (χ1n) is 5.91. The highest BCUT2D eigenvalue weighted by molar-refractivity contribution is 5.73. The normalized spacial score (nSPS) is 10.6. The Balaban J connectivity index is 2.35. The molecular formula is C14H12F2O4. The first-order valence-corrected chi connectivity index (χ1v) is 5.91. The number of aldehydes is 1. The number of carbonyl (C=O) groups is 1. The van der Waals surface area contributed by atoms with Crippen molar-refractivity contribution < 1.29 is 27.5 Å². The van der Waals surface area contributed by atoms with E-state index in [-0.39, 0.29) is 17.3 Å². The van der Waals surface area contributed by atoms with Crippen LogP contribution in [0.25, 0.3) is 11.3 Å². The van der Waals surface area contributed by atoms with E-state index < -0.39 is 6.61 Å². The van der Waals surface area contributed by atoms with Crippen LogP contribution in [0, 0.1) is 0 Å². The van der Waals surface area contributed by atoms with Crippen LogP contribution >= 0.6 is 0 Å². The van der Waals surface area contributed by atoms with Gasteiger partial charge >= 0.3 is 6.61 Å². The van der Waals surface area contributed by atoms with Gasteiger partial charge in [0.25, 0.3) is 0 Å². The Bertz CT molecular complexity index is 593. The van der Waals surface area contributed by atoms with E-state index in [1.807, 2.05) is 0 Å². The molecule has 0 atom stereocenters. The molecule has 2 rings (SSSR count). The molecule has 0 aliphatic rings. The molecule has 106 valence electrons. The van der Waals surface area contributed by atoms with E-state index in [2.05, 4.69) is 4.74 Å². The summed E-state index contributed by atoms with van der Waals surface area (Å²) in [7, 11) is 0. The van der Waals surface area contributed by atoms with Crippen molar-refractivity contribution in [3.05, 3.63) is 36.1 Å². The molecule has 20 heavy (non-hydrogen) atoms. The third-order valence-electron chi connectivity index (χ3n) is 2.49. The van der Waals surface area contributed by atoms with Crippen molar-refractivity contribution in [3.8, 4) is 22.8 Å². The molecule has 0 amide bonds. The largest absolute Gasteiger partial charge is 0.490 e. The van der Waals surface area contributed by atoms with E-state index in [1.165, 1.54) is 18.2 Å². The van der Waals surface area contributed by atoms with E-state index >= 15 is 0 Å². The average Bonchev–Trinajstić information content (AvgIpc) is 2.89. The van der Waals surface area contributed by atoms with Crippen LogP contribution in [-0.4, -0.2) is 19.5 Å². The van der Waals surface area contributed by atoms with E-state index in [9.17, 15) is 13.6 Å². The second-order valence-electron chi connectivity index (χ2n) is 3.79. The zero-order valence-electron chi connectivity index (χ0n) is 10.6. The molecule has 0 radical (unpaired) electrons. The summed E-state index contributed by atoms with van der Waals surface area (Å²) < 4.78 is 39.5. The Hall–Kier alpha value is -2.37. The Morgan fingerprint density at radius 1 is 1.25 bits per heavy atom. The van der Waals surface area contributed by atoms with Crippen LogP contribution in [0.4, 0.5) is 8.78 Å². The van der Waals surface area contributed by atoms with Crippen LogP contribution in [0.2, 0.25) is 0 Å². The molecule has 0 unspecified atom stereocenters. The van der Waals surface area contributed by atoms with Gasteiger partial charge in [-0.25, -0.2) is 0 Å². The highest BCUT2D eigenvalue weighted by Crippen LogP contribution is 2.34. The quantitative estimate of drug-likeness (QED) is 0.757. The maximum atomic E-state index is 12.3. The number of benzene rings is 1. The SMILES string of the molecule is CCOc1cc(-c2ccc(C=O)o2)ccc1OC(F)F. The summed E-state index contributed by atoms with van der Waals surface area (Å²) in [6.07, 6.45) is 0.585. The van der Waals surface area contributed by atoms with Gasteiger partial charge in [0.2, 0.25) is 0 Å². The lowest BCUT2D eigenvalue weighted by molar-refractivity contribution is -0.0514. The average molecular weight is 282 g/mol. The summed E-state index contributed by atoms with van der Waals surface area (Å²) in [5.41, 5.74) is 0.600. The monoisotopic (exact) mass is 282 g/mol. The molecule has 0 spiro atoms. The molecule has 0 bridgehead atoms. The molecule has 1 aromatic heterocycles. The maximum Gasteiger partial charge on any atom is 0.387 e. The molecule has 1 aromatic carbocycles. The van der Waals surface area contributed by atoms with Gasteiger partial charge in [-0.3, -0.25) is 4.79 Å². The first-order chi connectivity index (χ1) is 9.63. The first kappa shape index (κ1) is 14.0. The Kier molecular flexibility index (Phi) is 4.34. The Morgan fingerprint density at radius 2 is 2.05 bits per heavy atom. The standard InChI is InChI=1S/C14H12F2O4/c1-2-18-13-7-9(3-5-12(13)20-14(15)16)11-6-4-10(8-17)19-11/h3-8,14H,2H2,1H3. The lowest BCUT2D eigenvalue weighted by Gasteiger charge is -2.12. The molecule has 4 nitrogen and oxygen atoms in total. The van der Waals surface area contributed by atoms with Gasteiger partial charge in [0.1, 0.15) is 5.76 Å². The summed E-state index contributed by atoms with van der Waals surface area (Å²) >= 11 is 0. The van der Waals surface area contributed by atoms with Gasteiger partial charge < -0.3 is 13.9 Å². The van der Waals surface area contributed by atoms with Gasteiger partial charge in [-0.2, -0.15) is 8.78 Å². The van der Waals surface area contributed by atoms with Crippen molar-refractivity contribution in [1.29, 1.82) is 0 Å². The molecule has 6 heteroatoms. The number of rotatable bonds is 6. The van der Waals surface area contributed by atoms with Gasteiger partial charge in [-0.1, -0.05) is 0 Å². The Labute approximate surface area is 113 Å². The van der Waals surface area contributed by atoms with Crippen LogP contribution in [0.1, 0.15) is 17.5 Å². The second kappa shape index (κ2) is 6.18. The smallest absolute Gasteiger partial charge is 0.387 e. The number of alkyl halides is 2. The third-order valence-corrected chi connectivity index (χ3v) is 2.49. The molecular weight excluding hydrogens is 270 g/mol. The lowest BCUT2D eigenvalue weighted by atomic mass is 10.1. The number of carbonyl (C=O) groups excluding carboxylic acids is 1. The van der Waals surface area contributed by atoms with Crippen LogP contribution in [0.3, 0.4) is 0 Å². The van der Waals surface area contributed by atoms with Gasteiger partial charge in [-0.15, -0.1) is 0 Å². The van der Waals surface area contributed by atoms with Crippen molar-refractivity contribution in [1.82, 2.24) is 0 Å². The molecule has 2 aromatic rings. The predicted molar refractivity (Wildman–Crippen MR) is 67.3 cm³/mol. The number of ether oxygens (including phenoxy) is 2. The molecule has 0 saturated heterocycles. The summed E-state index contributed by atoms with van der Waals surface area (Å²) in [5.74, 6) is 0.768. The number of hydrogen-bond acceptors (Lipinski definition) is 4. The summed E-state index contributed by atoms with van der Waals surface area (Å²) in [4.78, 5) is 10.6. The van der Waals surface area contributed by atoms with Gasteiger partial charge in [0.15, 0.2) is 23.5 Å². The molecule has 1 heterocycles. The summed E-state index contributed by atoms with van der Waals surface area (Å²) in [6, 6.07) is 7.58. The minimum atomic E-state index is -2.93. The zero-order chi connectivity index (χ0) is 14.5. The Morgan fingerprint density at radius 3 is 2.65 bits per heavy atom. The lowest BCUT2D eigenvalue weighted by Crippen LogP contribution is -2.04. The number of halogens is 2. The van der Waals surface area contributed by atoms with Crippen molar-refractivity contribution in [3.63, 3.8) is 0 Å². The third kappa shape index (κ3) is 3.14. The van der Waals surface area contributed by atoms with Gasteiger partial charge in [-0.05, 0) is 37.3 Å². The maximum absolute atomic E-state index is 12.3. The fourth-order valence-corrected chi connectivity index (χ4v) is 1.69. The minimum absolute atomic E-state index is 0.0484. The molecule has 0 aliphatic heterocycles. The molecule has 0 saturated carbocycles. The summed E-state index contributed by atoms with van der Waals surface area (Å²) in [6.45, 7) is -0.887. The fourth-order valence-electron chi connectivity index (χ4n) is 1.69.